The number of rotatable bonds is 7. The maximum atomic E-state index is 5.33. The van der Waals surface area contributed by atoms with Gasteiger partial charge in [-0.25, -0.2) is 9.97 Å². The molecule has 1 heterocycles. The Morgan fingerprint density at radius 3 is 0.946 bits per heavy atom. The minimum Gasteiger partial charge on any atom is -0.228 e. The van der Waals surface area contributed by atoms with E-state index in [2.05, 4.69) is 218 Å². The molecule has 10 rings (SSSR count). The zero-order chi connectivity index (χ0) is 37.3. The van der Waals surface area contributed by atoms with Gasteiger partial charge in [-0.05, 0) is 102 Å². The summed E-state index contributed by atoms with van der Waals surface area (Å²) in [7, 11) is 0. The van der Waals surface area contributed by atoms with Crippen molar-refractivity contribution in [1.82, 2.24) is 9.97 Å². The van der Waals surface area contributed by atoms with Crippen molar-refractivity contribution in [2.75, 3.05) is 0 Å². The molecule has 0 radical (unpaired) electrons. The van der Waals surface area contributed by atoms with Crippen LogP contribution in [0.3, 0.4) is 0 Å². The van der Waals surface area contributed by atoms with Gasteiger partial charge < -0.3 is 0 Å². The molecule has 0 aliphatic heterocycles. The lowest BCUT2D eigenvalue weighted by Gasteiger charge is -2.14. The Labute approximate surface area is 327 Å². The molecule has 0 fully saturated rings. The minimum absolute atomic E-state index is 0.684. The third-order valence-electron chi connectivity index (χ3n) is 10.7. The second kappa shape index (κ2) is 14.4. The van der Waals surface area contributed by atoms with Crippen molar-refractivity contribution in [1.29, 1.82) is 0 Å². The highest BCUT2D eigenvalue weighted by molar-refractivity contribution is 5.90. The third kappa shape index (κ3) is 6.66. The molecule has 0 unspecified atom stereocenters. The van der Waals surface area contributed by atoms with Crippen LogP contribution in [-0.2, 0) is 0 Å². The SMILES string of the molecule is c1ccc(-c2ccc(-c3cc(-c4ccc(-c5ccccc5)cc4)cc(-c4nc(-c5ccc6ccccc6c5)cc(-c5ccc6ccccc6c5)n4)c3)cc2)cc1. The Bertz CT molecular complexity index is 2790. The first kappa shape index (κ1) is 33.2. The fourth-order valence-corrected chi connectivity index (χ4v) is 7.63. The van der Waals surface area contributed by atoms with Gasteiger partial charge in [0.15, 0.2) is 5.82 Å². The van der Waals surface area contributed by atoms with Crippen molar-refractivity contribution < 1.29 is 0 Å². The molecule has 0 N–H and O–H groups in total. The highest BCUT2D eigenvalue weighted by atomic mass is 14.9. The molecule has 262 valence electrons. The minimum atomic E-state index is 0.684. The van der Waals surface area contributed by atoms with Gasteiger partial charge in [0.05, 0.1) is 11.4 Å². The molecule has 2 heteroatoms. The third-order valence-corrected chi connectivity index (χ3v) is 10.7. The van der Waals surface area contributed by atoms with Crippen LogP contribution in [0.4, 0.5) is 0 Å². The van der Waals surface area contributed by atoms with Crippen LogP contribution in [0, 0.1) is 0 Å². The fourth-order valence-electron chi connectivity index (χ4n) is 7.63. The summed E-state index contributed by atoms with van der Waals surface area (Å²) in [5, 5.41) is 4.77. The van der Waals surface area contributed by atoms with Gasteiger partial charge in [-0.1, -0.05) is 182 Å². The van der Waals surface area contributed by atoms with E-state index in [9.17, 15) is 0 Å². The molecule has 0 amide bonds. The van der Waals surface area contributed by atoms with Crippen LogP contribution < -0.4 is 0 Å². The lowest BCUT2D eigenvalue weighted by molar-refractivity contribution is 1.18. The average Bonchev–Trinajstić information content (AvgIpc) is 3.29. The van der Waals surface area contributed by atoms with E-state index in [-0.39, 0.29) is 0 Å². The summed E-state index contributed by atoms with van der Waals surface area (Å²) in [5.41, 5.74) is 14.1. The largest absolute Gasteiger partial charge is 0.228 e. The van der Waals surface area contributed by atoms with Gasteiger partial charge in [0.25, 0.3) is 0 Å². The Balaban J connectivity index is 1.15. The van der Waals surface area contributed by atoms with Gasteiger partial charge in [0.2, 0.25) is 0 Å². The molecular formula is C54H36N2. The molecule has 0 aliphatic carbocycles. The number of aromatic nitrogens is 2. The maximum absolute atomic E-state index is 5.33. The predicted molar refractivity (Wildman–Crippen MR) is 235 cm³/mol. The molecule has 0 spiro atoms. The van der Waals surface area contributed by atoms with Crippen molar-refractivity contribution in [3.8, 4) is 78.4 Å². The topological polar surface area (TPSA) is 25.8 Å². The number of hydrogen-bond acceptors (Lipinski definition) is 2. The van der Waals surface area contributed by atoms with Crippen molar-refractivity contribution in [2.45, 2.75) is 0 Å². The van der Waals surface area contributed by atoms with Crippen LogP contribution in [0.2, 0.25) is 0 Å². The summed E-state index contributed by atoms with van der Waals surface area (Å²) >= 11 is 0. The van der Waals surface area contributed by atoms with Gasteiger partial charge in [-0.2, -0.15) is 0 Å². The highest BCUT2D eigenvalue weighted by Gasteiger charge is 2.15. The summed E-state index contributed by atoms with van der Waals surface area (Å²) in [6.45, 7) is 0. The Hall–Kier alpha value is -7.42. The van der Waals surface area contributed by atoms with E-state index >= 15 is 0 Å². The first-order valence-corrected chi connectivity index (χ1v) is 19.0. The second-order valence-electron chi connectivity index (χ2n) is 14.3. The van der Waals surface area contributed by atoms with E-state index in [1.807, 2.05) is 0 Å². The normalized spacial score (nSPS) is 11.2. The van der Waals surface area contributed by atoms with Crippen molar-refractivity contribution in [2.24, 2.45) is 0 Å². The molecule has 2 nitrogen and oxygen atoms in total. The van der Waals surface area contributed by atoms with Crippen LogP contribution in [0.5, 0.6) is 0 Å². The van der Waals surface area contributed by atoms with E-state index < -0.39 is 0 Å². The molecule has 1 aromatic heterocycles. The van der Waals surface area contributed by atoms with Crippen molar-refractivity contribution >= 4 is 21.5 Å². The summed E-state index contributed by atoms with van der Waals surface area (Å²) in [6.07, 6.45) is 0. The molecule has 10 aromatic rings. The number of fused-ring (bicyclic) bond motifs is 2. The van der Waals surface area contributed by atoms with E-state index in [0.717, 1.165) is 50.3 Å². The van der Waals surface area contributed by atoms with Crippen LogP contribution in [0.1, 0.15) is 0 Å². The van der Waals surface area contributed by atoms with Gasteiger partial charge in [0, 0.05) is 16.7 Å². The van der Waals surface area contributed by atoms with Gasteiger partial charge in [-0.15, -0.1) is 0 Å². The summed E-state index contributed by atoms with van der Waals surface area (Å²) in [4.78, 5) is 10.7. The quantitative estimate of drug-likeness (QED) is 0.164. The lowest BCUT2D eigenvalue weighted by Crippen LogP contribution is -1.97. The lowest BCUT2D eigenvalue weighted by atomic mass is 9.93. The Kier molecular flexibility index (Phi) is 8.55. The van der Waals surface area contributed by atoms with E-state index in [4.69, 9.17) is 9.97 Å². The molecule has 0 saturated carbocycles. The molecule has 0 bridgehead atoms. The first-order valence-electron chi connectivity index (χ1n) is 19.0. The average molecular weight is 713 g/mol. The molecule has 0 atom stereocenters. The van der Waals surface area contributed by atoms with Gasteiger partial charge in [0.1, 0.15) is 0 Å². The Morgan fingerprint density at radius 2 is 0.518 bits per heavy atom. The van der Waals surface area contributed by atoms with E-state index in [1.165, 1.54) is 43.8 Å². The highest BCUT2D eigenvalue weighted by Crippen LogP contribution is 2.36. The Morgan fingerprint density at radius 1 is 0.196 bits per heavy atom. The summed E-state index contributed by atoms with van der Waals surface area (Å²) < 4.78 is 0. The van der Waals surface area contributed by atoms with Crippen LogP contribution in [-0.4, -0.2) is 9.97 Å². The van der Waals surface area contributed by atoms with Crippen molar-refractivity contribution in [3.63, 3.8) is 0 Å². The number of hydrogen-bond donors (Lipinski definition) is 0. The van der Waals surface area contributed by atoms with E-state index in [1.54, 1.807) is 0 Å². The van der Waals surface area contributed by atoms with Crippen LogP contribution in [0.15, 0.2) is 218 Å². The predicted octanol–water partition coefficient (Wildman–Crippen LogP) is 14.5. The summed E-state index contributed by atoms with van der Waals surface area (Å²) in [6, 6.07) is 77.8. The zero-order valence-corrected chi connectivity index (χ0v) is 30.7. The second-order valence-corrected chi connectivity index (χ2v) is 14.3. The van der Waals surface area contributed by atoms with Crippen molar-refractivity contribution in [3.05, 3.63) is 218 Å². The summed E-state index contributed by atoms with van der Waals surface area (Å²) in [5.74, 6) is 0.684. The molecular weight excluding hydrogens is 677 g/mol. The molecule has 0 saturated heterocycles. The first-order chi connectivity index (χ1) is 27.7. The number of nitrogens with zero attached hydrogens (tertiary/aromatic N) is 2. The fraction of sp³-hybridized carbons (Fsp3) is 0. The molecule has 56 heavy (non-hydrogen) atoms. The zero-order valence-electron chi connectivity index (χ0n) is 30.7. The molecule has 0 aliphatic rings. The molecule has 9 aromatic carbocycles. The maximum Gasteiger partial charge on any atom is 0.160 e. The van der Waals surface area contributed by atoms with Crippen LogP contribution in [0.25, 0.3) is 100.0 Å². The van der Waals surface area contributed by atoms with Crippen LogP contribution >= 0.6 is 0 Å². The number of benzene rings is 9. The van der Waals surface area contributed by atoms with E-state index in [0.29, 0.717) is 5.82 Å². The standard InChI is InChI=1S/C54H36N2/c1-3-11-37(12-4-1)41-19-23-43(24-20-41)49-33-50(44-25-21-42(22-26-44)38-13-5-2-6-14-38)35-51(34-49)54-55-52(47-29-27-39-15-7-9-17-45(39)31-47)36-53(56-54)48-30-28-40-16-8-10-18-46(40)32-48/h1-36H. The van der Waals surface area contributed by atoms with Gasteiger partial charge in [-0.3, -0.25) is 0 Å². The van der Waals surface area contributed by atoms with Gasteiger partial charge >= 0.3 is 0 Å². The smallest absolute Gasteiger partial charge is 0.160 e. The monoisotopic (exact) mass is 712 g/mol.